The molecular weight excluding hydrogens is 258 g/mol. The van der Waals surface area contributed by atoms with E-state index in [0.29, 0.717) is 6.42 Å². The molecule has 1 saturated heterocycles. The van der Waals surface area contributed by atoms with E-state index in [-0.39, 0.29) is 17.6 Å². The molecule has 5 nitrogen and oxygen atoms in total. The van der Waals surface area contributed by atoms with Crippen molar-refractivity contribution >= 4 is 11.9 Å². The molecule has 2 rings (SSSR count). The standard InChI is InChI=1S/C15H21NO4/c1-9(17)12-10-7-5-6-8-11(16(10)13(12)18)14(19)20-15(2,3)4/h5-6,8-10,12,17H,7H2,1-4H3/t9-,10-,12-/m1/s1. The van der Waals surface area contributed by atoms with Crippen LogP contribution < -0.4 is 0 Å². The van der Waals surface area contributed by atoms with Crippen molar-refractivity contribution in [1.29, 1.82) is 0 Å². The number of amides is 1. The van der Waals surface area contributed by atoms with Crippen LogP contribution in [0.2, 0.25) is 0 Å². The lowest BCUT2D eigenvalue weighted by Gasteiger charge is -2.48. The number of allylic oxidation sites excluding steroid dienone is 2. The minimum atomic E-state index is -0.713. The van der Waals surface area contributed by atoms with Crippen LogP contribution in [0.3, 0.4) is 0 Å². The summed E-state index contributed by atoms with van der Waals surface area (Å²) in [6.45, 7) is 6.95. The van der Waals surface area contributed by atoms with E-state index in [1.807, 2.05) is 6.08 Å². The monoisotopic (exact) mass is 279 g/mol. The number of nitrogens with zero attached hydrogens (tertiary/aromatic N) is 1. The quantitative estimate of drug-likeness (QED) is 0.612. The second-order valence-electron chi connectivity index (χ2n) is 6.26. The highest BCUT2D eigenvalue weighted by atomic mass is 16.6. The van der Waals surface area contributed by atoms with Gasteiger partial charge in [0.1, 0.15) is 11.3 Å². The molecular formula is C15H21NO4. The first-order valence-electron chi connectivity index (χ1n) is 6.83. The predicted octanol–water partition coefficient (Wildman–Crippen LogP) is 1.38. The van der Waals surface area contributed by atoms with Gasteiger partial charge >= 0.3 is 5.97 Å². The lowest BCUT2D eigenvalue weighted by atomic mass is 9.81. The molecule has 3 atom stereocenters. The zero-order chi connectivity index (χ0) is 15.1. The number of ether oxygens (including phenoxy) is 1. The van der Waals surface area contributed by atoms with Crippen LogP contribution in [0.1, 0.15) is 34.1 Å². The van der Waals surface area contributed by atoms with Gasteiger partial charge in [-0.3, -0.25) is 4.79 Å². The Labute approximate surface area is 118 Å². The number of fused-ring (bicyclic) bond motifs is 1. The van der Waals surface area contributed by atoms with Crippen molar-refractivity contribution in [3.05, 3.63) is 23.9 Å². The van der Waals surface area contributed by atoms with E-state index in [1.54, 1.807) is 39.8 Å². The summed E-state index contributed by atoms with van der Waals surface area (Å²) in [4.78, 5) is 25.8. The minimum Gasteiger partial charge on any atom is -0.455 e. The number of carbonyl (C=O) groups excluding carboxylic acids is 2. The average Bonchev–Trinajstić information content (AvgIpc) is 2.45. The molecule has 2 aliphatic rings. The van der Waals surface area contributed by atoms with Crippen LogP contribution in [0.4, 0.5) is 0 Å². The third-order valence-electron chi connectivity index (χ3n) is 3.42. The Morgan fingerprint density at radius 1 is 1.50 bits per heavy atom. The molecule has 20 heavy (non-hydrogen) atoms. The van der Waals surface area contributed by atoms with Crippen molar-refractivity contribution < 1.29 is 19.4 Å². The maximum absolute atomic E-state index is 12.2. The van der Waals surface area contributed by atoms with Crippen molar-refractivity contribution in [3.8, 4) is 0 Å². The summed E-state index contributed by atoms with van der Waals surface area (Å²) in [6.07, 6.45) is 5.17. The Morgan fingerprint density at radius 3 is 2.70 bits per heavy atom. The van der Waals surface area contributed by atoms with Crippen molar-refractivity contribution in [2.24, 2.45) is 5.92 Å². The normalized spacial score (nSPS) is 27.1. The molecule has 0 aliphatic carbocycles. The summed E-state index contributed by atoms with van der Waals surface area (Å²) in [5.41, 5.74) is -0.360. The van der Waals surface area contributed by atoms with Gasteiger partial charge in [0.15, 0.2) is 0 Å². The van der Waals surface area contributed by atoms with Gasteiger partial charge in [-0.05, 0) is 40.2 Å². The topological polar surface area (TPSA) is 66.8 Å². The number of aliphatic hydroxyl groups is 1. The van der Waals surface area contributed by atoms with Crippen molar-refractivity contribution in [2.75, 3.05) is 0 Å². The predicted molar refractivity (Wildman–Crippen MR) is 73.5 cm³/mol. The average molecular weight is 279 g/mol. The highest BCUT2D eigenvalue weighted by Crippen LogP contribution is 2.37. The number of esters is 1. The van der Waals surface area contributed by atoms with E-state index >= 15 is 0 Å². The molecule has 0 bridgehead atoms. The van der Waals surface area contributed by atoms with Gasteiger partial charge in [-0.1, -0.05) is 12.2 Å². The van der Waals surface area contributed by atoms with Gasteiger partial charge in [-0.15, -0.1) is 0 Å². The molecule has 0 aromatic rings. The number of hydrogen-bond donors (Lipinski definition) is 1. The first-order chi connectivity index (χ1) is 9.22. The van der Waals surface area contributed by atoms with Gasteiger partial charge in [-0.2, -0.15) is 0 Å². The summed E-state index contributed by atoms with van der Waals surface area (Å²) < 4.78 is 5.33. The summed E-state index contributed by atoms with van der Waals surface area (Å²) in [7, 11) is 0. The maximum atomic E-state index is 12.2. The molecule has 1 amide bonds. The largest absolute Gasteiger partial charge is 0.455 e. The SMILES string of the molecule is C[C@@H](O)[C@H]1C(=O)N2C(C(=O)OC(C)(C)C)=CC=CC[C@H]12. The van der Waals surface area contributed by atoms with Gasteiger partial charge in [0.2, 0.25) is 5.91 Å². The Morgan fingerprint density at radius 2 is 2.15 bits per heavy atom. The van der Waals surface area contributed by atoms with Gasteiger partial charge in [0, 0.05) is 0 Å². The third-order valence-corrected chi connectivity index (χ3v) is 3.42. The van der Waals surface area contributed by atoms with Crippen LogP contribution >= 0.6 is 0 Å². The van der Waals surface area contributed by atoms with E-state index in [2.05, 4.69) is 0 Å². The first kappa shape index (κ1) is 14.8. The van der Waals surface area contributed by atoms with Crippen LogP contribution in [0.15, 0.2) is 23.9 Å². The van der Waals surface area contributed by atoms with Crippen molar-refractivity contribution in [1.82, 2.24) is 4.90 Å². The number of β-lactam (4-membered cyclic amide) rings is 1. The van der Waals surface area contributed by atoms with Crippen LogP contribution in [-0.4, -0.2) is 39.6 Å². The molecule has 2 heterocycles. The first-order valence-corrected chi connectivity index (χ1v) is 6.83. The fraction of sp³-hybridized carbons (Fsp3) is 0.600. The fourth-order valence-corrected chi connectivity index (χ4v) is 2.60. The molecule has 0 radical (unpaired) electrons. The highest BCUT2D eigenvalue weighted by Gasteiger charge is 2.52. The molecule has 110 valence electrons. The lowest BCUT2D eigenvalue weighted by molar-refractivity contribution is -0.167. The number of carbonyl (C=O) groups is 2. The molecule has 5 heteroatoms. The van der Waals surface area contributed by atoms with Crippen molar-refractivity contribution in [3.63, 3.8) is 0 Å². The summed E-state index contributed by atoms with van der Waals surface area (Å²) in [6, 6.07) is -0.167. The summed E-state index contributed by atoms with van der Waals surface area (Å²) >= 11 is 0. The van der Waals surface area contributed by atoms with E-state index in [4.69, 9.17) is 4.74 Å². The van der Waals surface area contributed by atoms with Crippen LogP contribution in [0, 0.1) is 5.92 Å². The van der Waals surface area contributed by atoms with Crippen molar-refractivity contribution in [2.45, 2.75) is 51.9 Å². The molecule has 0 unspecified atom stereocenters. The van der Waals surface area contributed by atoms with Gasteiger partial charge in [0.25, 0.3) is 0 Å². The number of hydrogen-bond acceptors (Lipinski definition) is 4. The second-order valence-corrected chi connectivity index (χ2v) is 6.26. The van der Waals surface area contributed by atoms with Crippen LogP contribution in [0.25, 0.3) is 0 Å². The lowest BCUT2D eigenvalue weighted by Crippen LogP contribution is -2.64. The Bertz CT molecular complexity index is 485. The zero-order valence-electron chi connectivity index (χ0n) is 12.3. The Kier molecular flexibility index (Phi) is 3.73. The van der Waals surface area contributed by atoms with E-state index in [9.17, 15) is 14.7 Å². The molecule has 1 N–H and O–H groups in total. The Balaban J connectivity index is 2.22. The fourth-order valence-electron chi connectivity index (χ4n) is 2.60. The maximum Gasteiger partial charge on any atom is 0.355 e. The van der Waals surface area contributed by atoms with Gasteiger partial charge < -0.3 is 14.7 Å². The summed E-state index contributed by atoms with van der Waals surface area (Å²) in [5, 5.41) is 9.68. The van der Waals surface area contributed by atoms with E-state index < -0.39 is 23.6 Å². The van der Waals surface area contributed by atoms with Crippen LogP contribution in [-0.2, 0) is 14.3 Å². The smallest absolute Gasteiger partial charge is 0.355 e. The molecule has 0 spiro atoms. The zero-order valence-corrected chi connectivity index (χ0v) is 12.3. The molecule has 0 aromatic heterocycles. The Hall–Kier alpha value is -1.62. The van der Waals surface area contributed by atoms with E-state index in [1.165, 1.54) is 4.90 Å². The number of aliphatic hydroxyl groups excluding tert-OH is 1. The molecule has 2 aliphatic heterocycles. The minimum absolute atomic E-state index is 0.167. The molecule has 0 aromatic carbocycles. The molecule has 0 saturated carbocycles. The van der Waals surface area contributed by atoms with Gasteiger partial charge in [0.05, 0.1) is 18.1 Å². The molecule has 1 fully saturated rings. The number of rotatable bonds is 2. The highest BCUT2D eigenvalue weighted by molar-refractivity contribution is 5.99. The van der Waals surface area contributed by atoms with Gasteiger partial charge in [-0.25, -0.2) is 4.79 Å². The summed E-state index contributed by atoms with van der Waals surface area (Å²) in [5.74, 6) is -1.17. The van der Waals surface area contributed by atoms with Crippen LogP contribution in [0.5, 0.6) is 0 Å². The van der Waals surface area contributed by atoms with E-state index in [0.717, 1.165) is 0 Å². The second kappa shape index (κ2) is 5.05. The third kappa shape index (κ3) is 2.63.